The van der Waals surface area contributed by atoms with E-state index in [1.54, 1.807) is 0 Å². The molecule has 2 aromatic rings. The van der Waals surface area contributed by atoms with Crippen molar-refractivity contribution in [1.82, 2.24) is 0 Å². The lowest BCUT2D eigenvalue weighted by Gasteiger charge is -2.13. The van der Waals surface area contributed by atoms with E-state index in [0.717, 1.165) is 16.9 Å². The van der Waals surface area contributed by atoms with Crippen molar-refractivity contribution in [3.8, 4) is 5.75 Å². The number of hydrogen-bond acceptors (Lipinski definition) is 3. The summed E-state index contributed by atoms with van der Waals surface area (Å²) in [7, 11) is 0. The van der Waals surface area contributed by atoms with Gasteiger partial charge < -0.3 is 9.47 Å². The van der Waals surface area contributed by atoms with Crippen LogP contribution in [0.2, 0.25) is 0 Å². The Morgan fingerprint density at radius 1 is 0.913 bits per heavy atom. The fourth-order valence-electron chi connectivity index (χ4n) is 1.85. The Balaban J connectivity index is 1.77. The number of ether oxygens (including phenoxy) is 2. The van der Waals surface area contributed by atoms with Crippen molar-refractivity contribution in [2.24, 2.45) is 0 Å². The SMILES string of the molecule is N=C(OCCc1ccc(OCc2ccccc2)cc1)C(Cl)(Cl)Cl. The van der Waals surface area contributed by atoms with Crippen LogP contribution in [0.15, 0.2) is 54.6 Å². The number of halogens is 3. The number of rotatable bonds is 6. The maximum Gasteiger partial charge on any atom is 0.265 e. The molecule has 0 radical (unpaired) electrons. The monoisotopic (exact) mass is 371 g/mol. The summed E-state index contributed by atoms with van der Waals surface area (Å²) >= 11 is 16.6. The second kappa shape index (κ2) is 8.44. The van der Waals surface area contributed by atoms with Gasteiger partial charge in [0.2, 0.25) is 5.90 Å². The second-order valence-electron chi connectivity index (χ2n) is 4.84. The molecule has 0 aliphatic carbocycles. The molecule has 0 unspecified atom stereocenters. The van der Waals surface area contributed by atoms with Gasteiger partial charge in [-0.2, -0.15) is 0 Å². The van der Waals surface area contributed by atoms with Crippen LogP contribution < -0.4 is 4.74 Å². The molecule has 6 heteroatoms. The third-order valence-electron chi connectivity index (χ3n) is 3.07. The summed E-state index contributed by atoms with van der Waals surface area (Å²) in [4.78, 5) is 0. The molecule has 0 saturated heterocycles. The van der Waals surface area contributed by atoms with Gasteiger partial charge in [0.15, 0.2) is 0 Å². The zero-order valence-corrected chi connectivity index (χ0v) is 14.5. The highest BCUT2D eigenvalue weighted by Gasteiger charge is 2.28. The maximum absolute atomic E-state index is 7.44. The van der Waals surface area contributed by atoms with Crippen LogP contribution in [0.25, 0.3) is 0 Å². The molecule has 2 aromatic carbocycles. The highest BCUT2D eigenvalue weighted by Crippen LogP contribution is 2.27. The molecule has 0 spiro atoms. The molecule has 23 heavy (non-hydrogen) atoms. The largest absolute Gasteiger partial charge is 0.489 e. The number of alkyl halides is 3. The second-order valence-corrected chi connectivity index (χ2v) is 7.12. The van der Waals surface area contributed by atoms with Crippen LogP contribution in [-0.2, 0) is 17.8 Å². The summed E-state index contributed by atoms with van der Waals surface area (Å²) in [6, 6.07) is 17.7. The number of nitrogens with one attached hydrogen (secondary N) is 1. The Labute approximate surface area is 150 Å². The van der Waals surface area contributed by atoms with Crippen LogP contribution in [0.5, 0.6) is 5.75 Å². The third-order valence-corrected chi connectivity index (χ3v) is 3.58. The van der Waals surface area contributed by atoms with Gasteiger partial charge >= 0.3 is 0 Å². The normalized spacial score (nSPS) is 11.1. The zero-order chi connectivity index (χ0) is 16.7. The van der Waals surface area contributed by atoms with Crippen LogP contribution in [-0.4, -0.2) is 16.3 Å². The molecule has 3 nitrogen and oxygen atoms in total. The van der Waals surface area contributed by atoms with E-state index >= 15 is 0 Å². The van der Waals surface area contributed by atoms with E-state index in [9.17, 15) is 0 Å². The summed E-state index contributed by atoms with van der Waals surface area (Å²) in [5.74, 6) is 0.429. The standard InChI is InChI=1S/C17H16Cl3NO2/c18-17(19,20)16(21)22-11-10-13-6-8-15(9-7-13)23-12-14-4-2-1-3-5-14/h1-9,21H,10-12H2. The molecule has 0 aliphatic heterocycles. The first-order chi connectivity index (χ1) is 10.9. The van der Waals surface area contributed by atoms with Gasteiger partial charge in [0.25, 0.3) is 3.79 Å². The molecule has 0 saturated carbocycles. The van der Waals surface area contributed by atoms with Gasteiger partial charge in [-0.15, -0.1) is 0 Å². The molecule has 0 atom stereocenters. The average molecular weight is 373 g/mol. The van der Waals surface area contributed by atoms with Crippen LogP contribution in [0.3, 0.4) is 0 Å². The van der Waals surface area contributed by atoms with Crippen LogP contribution in [0.1, 0.15) is 11.1 Å². The smallest absolute Gasteiger partial charge is 0.265 e. The summed E-state index contributed by atoms with van der Waals surface area (Å²) in [5.41, 5.74) is 2.17. The van der Waals surface area contributed by atoms with Gasteiger partial charge in [-0.05, 0) is 23.3 Å². The minimum absolute atomic E-state index is 0.275. The summed E-state index contributed by atoms with van der Waals surface area (Å²) in [6.07, 6.45) is 0.613. The lowest BCUT2D eigenvalue weighted by molar-refractivity contribution is 0.299. The van der Waals surface area contributed by atoms with E-state index in [0.29, 0.717) is 13.0 Å². The molecular weight excluding hydrogens is 357 g/mol. The molecule has 0 aromatic heterocycles. The predicted octanol–water partition coefficient (Wildman–Crippen LogP) is 5.17. The van der Waals surface area contributed by atoms with Gasteiger partial charge in [0.05, 0.1) is 6.61 Å². The van der Waals surface area contributed by atoms with Crippen LogP contribution >= 0.6 is 34.8 Å². The minimum atomic E-state index is -1.81. The summed E-state index contributed by atoms with van der Waals surface area (Å²) in [6.45, 7) is 0.806. The fourth-order valence-corrected chi connectivity index (χ4v) is 2.01. The van der Waals surface area contributed by atoms with Crippen molar-refractivity contribution >= 4 is 40.7 Å². The van der Waals surface area contributed by atoms with Crippen molar-refractivity contribution in [2.75, 3.05) is 6.61 Å². The highest BCUT2D eigenvalue weighted by atomic mass is 35.6. The Hall–Kier alpha value is -1.42. The molecule has 122 valence electrons. The molecule has 0 bridgehead atoms. The Morgan fingerprint density at radius 2 is 1.57 bits per heavy atom. The van der Waals surface area contributed by atoms with Crippen molar-refractivity contribution in [3.05, 3.63) is 65.7 Å². The molecular formula is C17H16Cl3NO2. The molecule has 0 amide bonds. The lowest BCUT2D eigenvalue weighted by Crippen LogP contribution is -2.22. The van der Waals surface area contributed by atoms with Crippen LogP contribution in [0, 0.1) is 5.41 Å². The quantitative estimate of drug-likeness (QED) is 0.432. The first-order valence-corrected chi connectivity index (χ1v) is 8.13. The van der Waals surface area contributed by atoms with Gasteiger partial charge in [-0.3, -0.25) is 5.41 Å². The molecule has 1 N–H and O–H groups in total. The van der Waals surface area contributed by atoms with E-state index in [2.05, 4.69) is 0 Å². The molecule has 0 fully saturated rings. The van der Waals surface area contributed by atoms with E-state index < -0.39 is 3.79 Å². The minimum Gasteiger partial charge on any atom is -0.489 e. The number of benzene rings is 2. The summed E-state index contributed by atoms with van der Waals surface area (Å²) < 4.78 is 9.01. The van der Waals surface area contributed by atoms with E-state index in [1.807, 2.05) is 54.6 Å². The Kier molecular flexibility index (Phi) is 6.58. The highest BCUT2D eigenvalue weighted by molar-refractivity contribution is 6.76. The number of hydrogen-bond donors (Lipinski definition) is 1. The van der Waals surface area contributed by atoms with E-state index in [1.165, 1.54) is 0 Å². The average Bonchev–Trinajstić information content (AvgIpc) is 2.54. The van der Waals surface area contributed by atoms with Gasteiger partial charge in [-0.25, -0.2) is 0 Å². The first-order valence-electron chi connectivity index (χ1n) is 6.99. The van der Waals surface area contributed by atoms with Crippen molar-refractivity contribution in [3.63, 3.8) is 0 Å². The van der Waals surface area contributed by atoms with E-state index in [4.69, 9.17) is 49.7 Å². The van der Waals surface area contributed by atoms with Crippen molar-refractivity contribution in [2.45, 2.75) is 16.8 Å². The lowest BCUT2D eigenvalue weighted by atomic mass is 10.1. The topological polar surface area (TPSA) is 42.3 Å². The van der Waals surface area contributed by atoms with Crippen LogP contribution in [0.4, 0.5) is 0 Å². The molecule has 0 aliphatic rings. The predicted molar refractivity (Wildman–Crippen MR) is 94.9 cm³/mol. The van der Waals surface area contributed by atoms with Crippen molar-refractivity contribution in [1.29, 1.82) is 5.41 Å². The Bertz CT molecular complexity index is 625. The van der Waals surface area contributed by atoms with Gasteiger partial charge in [0.1, 0.15) is 12.4 Å². The molecule has 2 rings (SSSR count). The third kappa shape index (κ3) is 6.30. The van der Waals surface area contributed by atoms with Gasteiger partial charge in [0, 0.05) is 6.42 Å². The first kappa shape index (κ1) is 17.9. The maximum atomic E-state index is 7.44. The van der Waals surface area contributed by atoms with Crippen molar-refractivity contribution < 1.29 is 9.47 Å². The molecule has 0 heterocycles. The van der Waals surface area contributed by atoms with Gasteiger partial charge in [-0.1, -0.05) is 77.3 Å². The Morgan fingerprint density at radius 3 is 2.17 bits per heavy atom. The summed E-state index contributed by atoms with van der Waals surface area (Å²) in [5, 5.41) is 7.44. The van der Waals surface area contributed by atoms with E-state index in [-0.39, 0.29) is 12.5 Å². The zero-order valence-electron chi connectivity index (χ0n) is 12.3. The fraction of sp³-hybridized carbons (Fsp3) is 0.235.